The maximum Gasteiger partial charge on any atom is 0.336 e. The van der Waals surface area contributed by atoms with Crippen molar-refractivity contribution in [3.8, 4) is 0 Å². The number of carboxylic acids is 2. The molecule has 2 N–H and O–H groups in total. The lowest BCUT2D eigenvalue weighted by Gasteiger charge is -2.24. The molecule has 0 aliphatic heterocycles. The molecular weight excluding hydrogens is 256 g/mol. The fraction of sp³-hybridized carbons (Fsp3) is 0.500. The summed E-state index contributed by atoms with van der Waals surface area (Å²) in [5, 5.41) is 18.8. The van der Waals surface area contributed by atoms with E-state index in [4.69, 9.17) is 0 Å². The number of carboxylic acid groups (broad SMARTS) is 2. The molecule has 2 aliphatic carbocycles. The molecule has 0 radical (unpaired) electrons. The smallest absolute Gasteiger partial charge is 0.336 e. The number of hydrogen-bond donors (Lipinski definition) is 2. The van der Waals surface area contributed by atoms with Crippen molar-refractivity contribution < 1.29 is 19.8 Å². The summed E-state index contributed by atoms with van der Waals surface area (Å²) < 4.78 is 0. The predicted octanol–water partition coefficient (Wildman–Crippen LogP) is 3.23. The van der Waals surface area contributed by atoms with Crippen molar-refractivity contribution in [3.05, 3.63) is 33.9 Å². The van der Waals surface area contributed by atoms with Gasteiger partial charge in [-0.05, 0) is 54.4 Å². The van der Waals surface area contributed by atoms with Gasteiger partial charge in [0, 0.05) is 0 Å². The van der Waals surface area contributed by atoms with Gasteiger partial charge in [-0.3, -0.25) is 0 Å². The van der Waals surface area contributed by atoms with Crippen LogP contribution in [0.15, 0.2) is 6.07 Å². The average Bonchev–Trinajstić information content (AvgIpc) is 2.76. The van der Waals surface area contributed by atoms with Gasteiger partial charge in [0.05, 0.1) is 11.1 Å². The van der Waals surface area contributed by atoms with Crippen LogP contribution in [0.2, 0.25) is 0 Å². The summed E-state index contributed by atoms with van der Waals surface area (Å²) in [7, 11) is 0. The van der Waals surface area contributed by atoms with Gasteiger partial charge in [-0.2, -0.15) is 0 Å². The molecular formula is C16H18O4. The summed E-state index contributed by atoms with van der Waals surface area (Å²) in [5.41, 5.74) is 2.86. The molecule has 1 aromatic rings. The Morgan fingerprint density at radius 2 is 1.60 bits per heavy atom. The topological polar surface area (TPSA) is 74.6 Å². The first kappa shape index (κ1) is 13.2. The van der Waals surface area contributed by atoms with Crippen LogP contribution in [0.25, 0.3) is 0 Å². The molecule has 1 saturated carbocycles. The van der Waals surface area contributed by atoms with E-state index in [2.05, 4.69) is 0 Å². The number of hydrogen-bond acceptors (Lipinski definition) is 2. The molecule has 4 heteroatoms. The largest absolute Gasteiger partial charge is 0.478 e. The minimum Gasteiger partial charge on any atom is -0.478 e. The van der Waals surface area contributed by atoms with Gasteiger partial charge in [0.15, 0.2) is 0 Å². The zero-order valence-electron chi connectivity index (χ0n) is 11.3. The molecule has 0 spiro atoms. The van der Waals surface area contributed by atoms with Gasteiger partial charge in [-0.1, -0.05) is 19.3 Å². The van der Waals surface area contributed by atoms with Crippen molar-refractivity contribution in [2.75, 3.05) is 0 Å². The number of rotatable bonds is 3. The summed E-state index contributed by atoms with van der Waals surface area (Å²) >= 11 is 0. The van der Waals surface area contributed by atoms with Crippen LogP contribution >= 0.6 is 0 Å². The van der Waals surface area contributed by atoms with Gasteiger partial charge in [-0.25, -0.2) is 9.59 Å². The molecule has 4 nitrogen and oxygen atoms in total. The fourth-order valence-corrected chi connectivity index (χ4v) is 3.80. The predicted molar refractivity (Wildman–Crippen MR) is 73.6 cm³/mol. The Hall–Kier alpha value is -1.84. The lowest BCUT2D eigenvalue weighted by atomic mass is 9.80. The molecule has 0 amide bonds. The quantitative estimate of drug-likeness (QED) is 0.887. The molecule has 0 atom stereocenters. The van der Waals surface area contributed by atoms with E-state index >= 15 is 0 Å². The molecule has 1 fully saturated rings. The lowest BCUT2D eigenvalue weighted by Crippen LogP contribution is -2.13. The fourth-order valence-electron chi connectivity index (χ4n) is 3.80. The van der Waals surface area contributed by atoms with E-state index in [1.54, 1.807) is 6.07 Å². The van der Waals surface area contributed by atoms with Crippen molar-refractivity contribution in [3.63, 3.8) is 0 Å². The molecule has 3 rings (SSSR count). The monoisotopic (exact) mass is 274 g/mol. The second-order valence-electron chi connectivity index (χ2n) is 5.79. The maximum atomic E-state index is 11.5. The minimum atomic E-state index is -1.01. The molecule has 0 heterocycles. The molecule has 20 heavy (non-hydrogen) atoms. The van der Waals surface area contributed by atoms with E-state index in [0.29, 0.717) is 24.3 Å². The highest BCUT2D eigenvalue weighted by atomic mass is 16.4. The summed E-state index contributed by atoms with van der Waals surface area (Å²) in [4.78, 5) is 22.9. The van der Waals surface area contributed by atoms with Gasteiger partial charge in [0.25, 0.3) is 0 Å². The summed E-state index contributed by atoms with van der Waals surface area (Å²) in [5.74, 6) is -1.65. The van der Waals surface area contributed by atoms with E-state index in [1.165, 1.54) is 6.42 Å². The highest BCUT2D eigenvalue weighted by Crippen LogP contribution is 2.40. The Morgan fingerprint density at radius 1 is 0.950 bits per heavy atom. The molecule has 0 saturated heterocycles. The highest BCUT2D eigenvalue weighted by molar-refractivity contribution is 5.99. The Labute approximate surface area is 117 Å². The van der Waals surface area contributed by atoms with Crippen LogP contribution in [0.4, 0.5) is 0 Å². The molecule has 1 aromatic carbocycles. The third-order valence-electron chi connectivity index (χ3n) is 4.69. The van der Waals surface area contributed by atoms with Crippen molar-refractivity contribution in [1.82, 2.24) is 0 Å². The van der Waals surface area contributed by atoms with Crippen molar-refractivity contribution in [2.45, 2.75) is 50.9 Å². The summed E-state index contributed by atoms with van der Waals surface area (Å²) in [6.07, 6.45) is 6.84. The van der Waals surface area contributed by atoms with Crippen LogP contribution < -0.4 is 0 Å². The molecule has 0 unspecified atom stereocenters. The maximum absolute atomic E-state index is 11.5. The van der Waals surface area contributed by atoms with Crippen LogP contribution in [0.1, 0.15) is 75.4 Å². The number of aromatic carboxylic acids is 2. The Kier molecular flexibility index (Phi) is 3.24. The van der Waals surface area contributed by atoms with Crippen molar-refractivity contribution >= 4 is 11.9 Å². The zero-order valence-corrected chi connectivity index (χ0v) is 11.3. The molecule has 2 bridgehead atoms. The van der Waals surface area contributed by atoms with Crippen LogP contribution in [-0.2, 0) is 12.8 Å². The van der Waals surface area contributed by atoms with Crippen molar-refractivity contribution in [2.24, 2.45) is 0 Å². The van der Waals surface area contributed by atoms with Gasteiger partial charge >= 0.3 is 11.9 Å². The Bertz CT molecular complexity index is 583. The molecule has 106 valence electrons. The number of benzene rings is 1. The standard InChI is InChI=1S/C16H18O4/c17-15(18)13-8-12(9-4-2-1-3-5-9)10-6-7-11(13)14(10)16(19)20/h8-9H,1-7H2,(H,17,18)(H,19,20). The van der Waals surface area contributed by atoms with Crippen LogP contribution in [-0.4, -0.2) is 22.2 Å². The van der Waals surface area contributed by atoms with E-state index in [1.807, 2.05) is 0 Å². The first-order valence-electron chi connectivity index (χ1n) is 7.25. The number of fused-ring (bicyclic) bond motifs is 2. The van der Waals surface area contributed by atoms with Crippen molar-refractivity contribution in [1.29, 1.82) is 0 Å². The van der Waals surface area contributed by atoms with Gasteiger partial charge in [-0.15, -0.1) is 0 Å². The Balaban J connectivity index is 2.16. The minimum absolute atomic E-state index is 0.198. The third kappa shape index (κ3) is 1.99. The second-order valence-corrected chi connectivity index (χ2v) is 5.79. The SMILES string of the molecule is O=C(O)c1cc(C2CCCCC2)c2c(C(=O)O)c1CC2. The second kappa shape index (κ2) is 4.93. The average molecular weight is 274 g/mol. The van der Waals surface area contributed by atoms with E-state index in [9.17, 15) is 19.8 Å². The van der Waals surface area contributed by atoms with E-state index < -0.39 is 11.9 Å². The normalized spacial score (nSPS) is 18.2. The van der Waals surface area contributed by atoms with Crippen LogP contribution in [0.5, 0.6) is 0 Å². The lowest BCUT2D eigenvalue weighted by molar-refractivity contribution is 0.0695. The Morgan fingerprint density at radius 3 is 2.20 bits per heavy atom. The number of carbonyl (C=O) groups is 2. The van der Waals surface area contributed by atoms with Crippen LogP contribution in [0.3, 0.4) is 0 Å². The van der Waals surface area contributed by atoms with Gasteiger partial charge in [0.1, 0.15) is 0 Å². The van der Waals surface area contributed by atoms with E-state index in [-0.39, 0.29) is 11.1 Å². The molecule has 0 aromatic heterocycles. The zero-order chi connectivity index (χ0) is 14.3. The molecule has 2 aliphatic rings. The van der Waals surface area contributed by atoms with Crippen LogP contribution in [0, 0.1) is 0 Å². The van der Waals surface area contributed by atoms with E-state index in [0.717, 1.165) is 36.8 Å². The van der Waals surface area contributed by atoms with Gasteiger partial charge < -0.3 is 10.2 Å². The third-order valence-corrected chi connectivity index (χ3v) is 4.69. The summed E-state index contributed by atoms with van der Waals surface area (Å²) in [6, 6.07) is 1.75. The first-order chi connectivity index (χ1) is 9.59. The highest BCUT2D eigenvalue weighted by Gasteiger charge is 2.32. The van der Waals surface area contributed by atoms with Gasteiger partial charge in [0.2, 0.25) is 0 Å². The first-order valence-corrected chi connectivity index (χ1v) is 7.25. The summed E-state index contributed by atoms with van der Waals surface area (Å²) in [6.45, 7) is 0.